The molecule has 0 radical (unpaired) electrons. The molecular formula is C14H27NO. The molecule has 0 bridgehead atoms. The summed E-state index contributed by atoms with van der Waals surface area (Å²) < 4.78 is 0. The summed E-state index contributed by atoms with van der Waals surface area (Å²) in [7, 11) is 0. The number of carbonyl (C=O) groups excluding carboxylic acids is 1. The number of carbonyl (C=O) groups is 1. The van der Waals surface area contributed by atoms with Crippen molar-refractivity contribution in [2.45, 2.75) is 59.4 Å². The molecule has 1 saturated carbocycles. The van der Waals surface area contributed by atoms with Gasteiger partial charge in [-0.15, -0.1) is 0 Å². The number of hydrogen-bond acceptors (Lipinski definition) is 2. The highest BCUT2D eigenvalue weighted by Crippen LogP contribution is 2.33. The molecule has 1 aliphatic carbocycles. The third-order valence-corrected chi connectivity index (χ3v) is 3.43. The molecule has 0 heterocycles. The topological polar surface area (TPSA) is 29.1 Å². The lowest BCUT2D eigenvalue weighted by Gasteiger charge is -2.31. The van der Waals surface area contributed by atoms with Gasteiger partial charge < -0.3 is 5.32 Å². The van der Waals surface area contributed by atoms with Gasteiger partial charge in [0, 0.05) is 11.5 Å². The molecule has 2 nitrogen and oxygen atoms in total. The van der Waals surface area contributed by atoms with E-state index in [-0.39, 0.29) is 5.54 Å². The second-order valence-electron chi connectivity index (χ2n) is 6.68. The fraction of sp³-hybridized carbons (Fsp3) is 0.929. The van der Waals surface area contributed by atoms with Gasteiger partial charge in [-0.2, -0.15) is 0 Å². The number of ketones is 1. The van der Waals surface area contributed by atoms with E-state index in [0.29, 0.717) is 30.1 Å². The third kappa shape index (κ3) is 4.65. The number of nitrogens with one attached hydrogen (secondary N) is 1. The zero-order chi connectivity index (χ0) is 12.3. The summed E-state index contributed by atoms with van der Waals surface area (Å²) in [5.74, 6) is 2.14. The first-order valence-electron chi connectivity index (χ1n) is 6.55. The van der Waals surface area contributed by atoms with Crippen LogP contribution in [-0.2, 0) is 4.79 Å². The van der Waals surface area contributed by atoms with Crippen molar-refractivity contribution in [2.75, 3.05) is 6.54 Å². The van der Waals surface area contributed by atoms with E-state index in [0.717, 1.165) is 12.8 Å². The summed E-state index contributed by atoms with van der Waals surface area (Å²) in [5, 5.41) is 3.30. The van der Waals surface area contributed by atoms with Gasteiger partial charge in [-0.3, -0.25) is 4.79 Å². The molecule has 1 rings (SSSR count). The van der Waals surface area contributed by atoms with E-state index in [4.69, 9.17) is 0 Å². The Morgan fingerprint density at radius 1 is 1.12 bits per heavy atom. The van der Waals surface area contributed by atoms with Crippen molar-refractivity contribution in [3.05, 3.63) is 0 Å². The summed E-state index contributed by atoms with van der Waals surface area (Å²) in [6, 6.07) is 0. The summed E-state index contributed by atoms with van der Waals surface area (Å²) >= 11 is 0. The van der Waals surface area contributed by atoms with Crippen molar-refractivity contribution in [1.82, 2.24) is 5.32 Å². The van der Waals surface area contributed by atoms with E-state index in [2.05, 4.69) is 39.9 Å². The Morgan fingerprint density at radius 2 is 1.62 bits per heavy atom. The Kier molecular flexibility index (Phi) is 4.54. The van der Waals surface area contributed by atoms with Crippen LogP contribution in [0.25, 0.3) is 0 Å². The Bertz CT molecular complexity index is 232. The van der Waals surface area contributed by atoms with Crippen molar-refractivity contribution >= 4 is 5.78 Å². The average molecular weight is 225 g/mol. The quantitative estimate of drug-likeness (QED) is 0.800. The Morgan fingerprint density at radius 3 is 2.06 bits per heavy atom. The Hall–Kier alpha value is -0.370. The molecule has 2 heteroatoms. The fourth-order valence-electron chi connectivity index (χ4n) is 2.71. The first-order chi connectivity index (χ1) is 7.28. The fourth-order valence-corrected chi connectivity index (χ4v) is 2.71. The highest BCUT2D eigenvalue weighted by molar-refractivity contribution is 5.83. The molecule has 94 valence electrons. The zero-order valence-corrected chi connectivity index (χ0v) is 11.5. The lowest BCUT2D eigenvalue weighted by Crippen LogP contribution is -2.42. The maximum atomic E-state index is 12.1. The number of hydrogen-bond donors (Lipinski definition) is 1. The van der Waals surface area contributed by atoms with Gasteiger partial charge in [0.15, 0.2) is 0 Å². The molecule has 2 unspecified atom stereocenters. The van der Waals surface area contributed by atoms with Gasteiger partial charge in [-0.25, -0.2) is 0 Å². The molecule has 1 fully saturated rings. The molecule has 0 aromatic rings. The van der Waals surface area contributed by atoms with Crippen molar-refractivity contribution < 1.29 is 4.79 Å². The van der Waals surface area contributed by atoms with E-state index in [9.17, 15) is 4.79 Å². The maximum Gasteiger partial charge on any atom is 0.149 e. The minimum atomic E-state index is 0.0432. The summed E-state index contributed by atoms with van der Waals surface area (Å²) in [6.07, 6.45) is 3.47. The number of rotatable bonds is 3. The molecule has 0 spiro atoms. The van der Waals surface area contributed by atoms with Crippen LogP contribution in [-0.4, -0.2) is 17.9 Å². The number of Topliss-reactive ketones (excluding diaryl/α,β-unsaturated/α-hetero) is 1. The second-order valence-corrected chi connectivity index (χ2v) is 6.68. The first kappa shape index (κ1) is 13.7. The van der Waals surface area contributed by atoms with Gasteiger partial charge in [0.05, 0.1) is 6.54 Å². The molecule has 16 heavy (non-hydrogen) atoms. The Labute approximate surface area is 100 Å². The predicted octanol–water partition coefficient (Wildman–Crippen LogP) is 3.02. The molecule has 0 aliphatic heterocycles. The van der Waals surface area contributed by atoms with Crippen LogP contribution in [0.3, 0.4) is 0 Å². The van der Waals surface area contributed by atoms with Crippen LogP contribution in [0.2, 0.25) is 0 Å². The van der Waals surface area contributed by atoms with Gasteiger partial charge >= 0.3 is 0 Å². The van der Waals surface area contributed by atoms with Crippen molar-refractivity contribution in [2.24, 2.45) is 17.8 Å². The minimum Gasteiger partial charge on any atom is -0.305 e. The SMILES string of the molecule is CC1CC(C)CC(C(=O)CNC(C)(C)C)C1. The molecule has 1 N–H and O–H groups in total. The largest absolute Gasteiger partial charge is 0.305 e. The average Bonchev–Trinajstić information content (AvgIpc) is 2.11. The van der Waals surface area contributed by atoms with Gasteiger partial charge in [0.2, 0.25) is 0 Å². The van der Waals surface area contributed by atoms with Gasteiger partial charge in [-0.05, 0) is 51.9 Å². The second kappa shape index (κ2) is 5.31. The van der Waals surface area contributed by atoms with E-state index in [1.165, 1.54) is 6.42 Å². The maximum absolute atomic E-state index is 12.1. The van der Waals surface area contributed by atoms with Crippen molar-refractivity contribution in [3.8, 4) is 0 Å². The molecule has 0 aromatic carbocycles. The van der Waals surface area contributed by atoms with Crippen LogP contribution in [0.1, 0.15) is 53.9 Å². The summed E-state index contributed by atoms with van der Waals surface area (Å²) in [6.45, 7) is 11.4. The molecule has 0 saturated heterocycles. The summed E-state index contributed by atoms with van der Waals surface area (Å²) in [5.41, 5.74) is 0.0432. The molecule has 2 atom stereocenters. The molecule has 0 amide bonds. The van der Waals surface area contributed by atoms with Crippen LogP contribution in [0.15, 0.2) is 0 Å². The summed E-state index contributed by atoms with van der Waals surface area (Å²) in [4.78, 5) is 12.1. The van der Waals surface area contributed by atoms with Gasteiger partial charge in [-0.1, -0.05) is 13.8 Å². The highest BCUT2D eigenvalue weighted by atomic mass is 16.1. The van der Waals surface area contributed by atoms with Crippen molar-refractivity contribution in [3.63, 3.8) is 0 Å². The van der Waals surface area contributed by atoms with E-state index < -0.39 is 0 Å². The first-order valence-corrected chi connectivity index (χ1v) is 6.55. The lowest BCUT2D eigenvalue weighted by atomic mass is 9.75. The molecule has 0 aromatic heterocycles. The van der Waals surface area contributed by atoms with E-state index >= 15 is 0 Å². The normalized spacial score (nSPS) is 31.4. The molecular weight excluding hydrogens is 198 g/mol. The molecule has 1 aliphatic rings. The van der Waals surface area contributed by atoms with Crippen LogP contribution >= 0.6 is 0 Å². The van der Waals surface area contributed by atoms with E-state index in [1.54, 1.807) is 0 Å². The van der Waals surface area contributed by atoms with Crippen LogP contribution in [0.4, 0.5) is 0 Å². The third-order valence-electron chi connectivity index (χ3n) is 3.43. The van der Waals surface area contributed by atoms with Crippen molar-refractivity contribution in [1.29, 1.82) is 0 Å². The van der Waals surface area contributed by atoms with Crippen LogP contribution in [0, 0.1) is 17.8 Å². The van der Waals surface area contributed by atoms with Crippen LogP contribution in [0.5, 0.6) is 0 Å². The van der Waals surface area contributed by atoms with Crippen LogP contribution < -0.4 is 5.32 Å². The smallest absolute Gasteiger partial charge is 0.149 e. The predicted molar refractivity (Wildman–Crippen MR) is 68.4 cm³/mol. The minimum absolute atomic E-state index is 0.0432. The van der Waals surface area contributed by atoms with E-state index in [1.807, 2.05) is 0 Å². The Balaban J connectivity index is 2.41. The standard InChI is InChI=1S/C14H27NO/c1-10-6-11(2)8-12(7-10)13(16)9-15-14(3,4)5/h10-12,15H,6-9H2,1-5H3. The highest BCUT2D eigenvalue weighted by Gasteiger charge is 2.28. The lowest BCUT2D eigenvalue weighted by molar-refractivity contribution is -0.124. The monoisotopic (exact) mass is 225 g/mol. The van der Waals surface area contributed by atoms with Gasteiger partial charge in [0.25, 0.3) is 0 Å². The zero-order valence-electron chi connectivity index (χ0n) is 11.5. The van der Waals surface area contributed by atoms with Gasteiger partial charge in [0.1, 0.15) is 5.78 Å².